The van der Waals surface area contributed by atoms with E-state index in [0.29, 0.717) is 18.6 Å². The fourth-order valence-corrected chi connectivity index (χ4v) is 1.56. The van der Waals surface area contributed by atoms with Gasteiger partial charge in [-0.2, -0.15) is 0 Å². The van der Waals surface area contributed by atoms with Crippen molar-refractivity contribution in [3.05, 3.63) is 48.0 Å². The number of ketones is 1. The van der Waals surface area contributed by atoms with Gasteiger partial charge in [-0.25, -0.2) is 0 Å². The number of carbonyl (C=O) groups is 1. The van der Waals surface area contributed by atoms with Crippen molar-refractivity contribution in [2.75, 3.05) is 0 Å². The van der Waals surface area contributed by atoms with Gasteiger partial charge >= 0.3 is 0 Å². The van der Waals surface area contributed by atoms with Crippen LogP contribution in [0.4, 0.5) is 0 Å². The van der Waals surface area contributed by atoms with Gasteiger partial charge in [0.15, 0.2) is 0 Å². The Morgan fingerprint density at radius 2 is 1.53 bits per heavy atom. The molecule has 90 valence electrons. The number of fused-ring (bicyclic) bond motifs is 1. The maximum atomic E-state index is 10.2. The molecule has 0 unspecified atom stereocenters. The molecule has 0 fully saturated rings. The SMILES string of the molecule is CCC(=O)CC.Cc1ccc2ccccc2c1. The summed E-state index contributed by atoms with van der Waals surface area (Å²) in [5, 5.41) is 2.64. The molecule has 0 spiro atoms. The van der Waals surface area contributed by atoms with Crippen LogP contribution < -0.4 is 0 Å². The Morgan fingerprint density at radius 3 is 2.06 bits per heavy atom. The second-order valence-corrected chi connectivity index (χ2v) is 4.10. The van der Waals surface area contributed by atoms with Crippen molar-refractivity contribution in [3.8, 4) is 0 Å². The monoisotopic (exact) mass is 228 g/mol. The molecular weight excluding hydrogens is 208 g/mol. The Morgan fingerprint density at radius 1 is 0.941 bits per heavy atom. The molecule has 2 aromatic rings. The van der Waals surface area contributed by atoms with E-state index in [0.717, 1.165) is 0 Å². The van der Waals surface area contributed by atoms with Crippen LogP contribution in [-0.4, -0.2) is 5.78 Å². The number of rotatable bonds is 2. The molecule has 17 heavy (non-hydrogen) atoms. The topological polar surface area (TPSA) is 17.1 Å². The van der Waals surface area contributed by atoms with Gasteiger partial charge in [-0.05, 0) is 17.7 Å². The number of aryl methyl sites for hydroxylation is 1. The van der Waals surface area contributed by atoms with Crippen molar-refractivity contribution in [1.82, 2.24) is 0 Å². The van der Waals surface area contributed by atoms with Gasteiger partial charge in [0, 0.05) is 12.8 Å². The number of carbonyl (C=O) groups excluding carboxylic acids is 1. The average Bonchev–Trinajstić information content (AvgIpc) is 2.38. The zero-order chi connectivity index (χ0) is 12.7. The fraction of sp³-hybridized carbons (Fsp3) is 0.312. The standard InChI is InChI=1S/C11H10.C5H10O/c1-9-6-7-10-4-2-3-5-11(10)8-9;1-3-5(6)4-2/h2-8H,1H3;3-4H2,1-2H3. The second kappa shape index (κ2) is 6.85. The van der Waals surface area contributed by atoms with Gasteiger partial charge in [0.25, 0.3) is 0 Å². The van der Waals surface area contributed by atoms with Crippen LogP contribution in [0.25, 0.3) is 10.8 Å². The second-order valence-electron chi connectivity index (χ2n) is 4.10. The molecule has 2 aromatic carbocycles. The predicted octanol–water partition coefficient (Wildman–Crippen LogP) is 4.52. The Bertz CT molecular complexity index is 480. The molecule has 0 N–H and O–H groups in total. The van der Waals surface area contributed by atoms with Gasteiger partial charge < -0.3 is 0 Å². The third kappa shape index (κ3) is 4.39. The summed E-state index contributed by atoms with van der Waals surface area (Å²) in [4.78, 5) is 10.2. The average molecular weight is 228 g/mol. The molecule has 0 saturated carbocycles. The lowest BCUT2D eigenvalue weighted by Crippen LogP contribution is -1.88. The summed E-state index contributed by atoms with van der Waals surface area (Å²) in [5.41, 5.74) is 1.32. The Labute approximate surface area is 103 Å². The van der Waals surface area contributed by atoms with Crippen molar-refractivity contribution in [3.63, 3.8) is 0 Å². The molecule has 2 rings (SSSR count). The molecule has 0 aromatic heterocycles. The maximum Gasteiger partial charge on any atom is 0.132 e. The summed E-state index contributed by atoms with van der Waals surface area (Å²) in [5.74, 6) is 0.343. The van der Waals surface area contributed by atoms with Crippen LogP contribution in [0.1, 0.15) is 32.3 Å². The van der Waals surface area contributed by atoms with Crippen molar-refractivity contribution in [1.29, 1.82) is 0 Å². The maximum absolute atomic E-state index is 10.2. The Kier molecular flexibility index (Phi) is 5.41. The van der Waals surface area contributed by atoms with Crippen LogP contribution in [0, 0.1) is 6.92 Å². The molecule has 0 aliphatic rings. The molecule has 0 aliphatic heterocycles. The third-order valence-corrected chi connectivity index (χ3v) is 2.69. The van der Waals surface area contributed by atoms with Crippen LogP contribution in [0.3, 0.4) is 0 Å². The van der Waals surface area contributed by atoms with Crippen LogP contribution in [0.15, 0.2) is 42.5 Å². The summed E-state index contributed by atoms with van der Waals surface area (Å²) in [6.07, 6.45) is 1.38. The predicted molar refractivity (Wildman–Crippen MR) is 74.3 cm³/mol. The first-order valence-corrected chi connectivity index (χ1v) is 6.14. The van der Waals surface area contributed by atoms with Gasteiger partial charge in [0.05, 0.1) is 0 Å². The van der Waals surface area contributed by atoms with Gasteiger partial charge in [0.1, 0.15) is 5.78 Å². The van der Waals surface area contributed by atoms with E-state index in [1.54, 1.807) is 0 Å². The summed E-state index contributed by atoms with van der Waals surface area (Å²) in [6.45, 7) is 5.88. The highest BCUT2D eigenvalue weighted by molar-refractivity contribution is 5.82. The molecule has 0 atom stereocenters. The number of hydrogen-bond acceptors (Lipinski definition) is 1. The molecule has 1 nitrogen and oxygen atoms in total. The lowest BCUT2D eigenvalue weighted by molar-refractivity contribution is -0.118. The minimum absolute atomic E-state index is 0.343. The summed E-state index contributed by atoms with van der Waals surface area (Å²) < 4.78 is 0. The van der Waals surface area contributed by atoms with Crippen molar-refractivity contribution in [2.24, 2.45) is 0 Å². The first-order chi connectivity index (χ1) is 8.17. The number of hydrogen-bond donors (Lipinski definition) is 0. The first kappa shape index (κ1) is 13.4. The molecule has 1 heteroatoms. The molecular formula is C16H20O. The van der Waals surface area contributed by atoms with E-state index in [1.165, 1.54) is 16.3 Å². The van der Waals surface area contributed by atoms with E-state index in [-0.39, 0.29) is 0 Å². The third-order valence-electron chi connectivity index (χ3n) is 2.69. The zero-order valence-electron chi connectivity index (χ0n) is 10.9. The quantitative estimate of drug-likeness (QED) is 0.738. The number of Topliss-reactive ketones (excluding diaryl/α,β-unsaturated/α-hetero) is 1. The lowest BCUT2D eigenvalue weighted by Gasteiger charge is -1.96. The van der Waals surface area contributed by atoms with Gasteiger partial charge in [-0.15, -0.1) is 0 Å². The summed E-state index contributed by atoms with van der Waals surface area (Å²) in [6, 6.07) is 14.9. The normalized spacial score (nSPS) is 9.59. The van der Waals surface area contributed by atoms with E-state index in [9.17, 15) is 4.79 Å². The number of benzene rings is 2. The zero-order valence-corrected chi connectivity index (χ0v) is 10.9. The Hall–Kier alpha value is -1.63. The van der Waals surface area contributed by atoms with Crippen LogP contribution >= 0.6 is 0 Å². The van der Waals surface area contributed by atoms with Crippen LogP contribution in [0.5, 0.6) is 0 Å². The Balaban J connectivity index is 0.000000209. The fourth-order valence-electron chi connectivity index (χ4n) is 1.56. The highest BCUT2D eigenvalue weighted by Gasteiger charge is 1.89. The summed E-state index contributed by atoms with van der Waals surface area (Å²) >= 11 is 0. The van der Waals surface area contributed by atoms with Gasteiger partial charge in [-0.1, -0.05) is 61.9 Å². The molecule has 0 bridgehead atoms. The summed E-state index contributed by atoms with van der Waals surface area (Å²) in [7, 11) is 0. The minimum atomic E-state index is 0.343. The highest BCUT2D eigenvalue weighted by Crippen LogP contribution is 2.14. The van der Waals surface area contributed by atoms with E-state index < -0.39 is 0 Å². The van der Waals surface area contributed by atoms with Crippen LogP contribution in [-0.2, 0) is 4.79 Å². The molecule has 0 saturated heterocycles. The minimum Gasteiger partial charge on any atom is -0.300 e. The lowest BCUT2D eigenvalue weighted by atomic mass is 10.1. The van der Waals surface area contributed by atoms with E-state index in [1.807, 2.05) is 13.8 Å². The van der Waals surface area contributed by atoms with Crippen LogP contribution in [0.2, 0.25) is 0 Å². The molecule has 0 amide bonds. The smallest absolute Gasteiger partial charge is 0.132 e. The van der Waals surface area contributed by atoms with E-state index in [4.69, 9.17) is 0 Å². The van der Waals surface area contributed by atoms with E-state index >= 15 is 0 Å². The van der Waals surface area contributed by atoms with Gasteiger partial charge in [0.2, 0.25) is 0 Å². The van der Waals surface area contributed by atoms with Crippen molar-refractivity contribution in [2.45, 2.75) is 33.6 Å². The van der Waals surface area contributed by atoms with Crippen molar-refractivity contribution >= 4 is 16.6 Å². The highest BCUT2D eigenvalue weighted by atomic mass is 16.1. The largest absolute Gasteiger partial charge is 0.300 e. The van der Waals surface area contributed by atoms with Crippen molar-refractivity contribution < 1.29 is 4.79 Å². The van der Waals surface area contributed by atoms with Gasteiger partial charge in [-0.3, -0.25) is 4.79 Å². The van der Waals surface area contributed by atoms with E-state index in [2.05, 4.69) is 49.4 Å². The molecule has 0 aliphatic carbocycles. The molecule has 0 heterocycles. The molecule has 0 radical (unpaired) electrons. The first-order valence-electron chi connectivity index (χ1n) is 6.14.